The van der Waals surface area contributed by atoms with Gasteiger partial charge in [0.25, 0.3) is 0 Å². The molecule has 2 nitrogen and oxygen atoms in total. The molecule has 3 rings (SSSR count). The van der Waals surface area contributed by atoms with Crippen LogP contribution in [0, 0.1) is 0 Å². The van der Waals surface area contributed by atoms with Crippen molar-refractivity contribution in [2.75, 3.05) is 0 Å². The molecule has 242 valence electrons. The molecule has 0 saturated carbocycles. The fourth-order valence-electron chi connectivity index (χ4n) is 5.91. The summed E-state index contributed by atoms with van der Waals surface area (Å²) in [5, 5.41) is 0. The van der Waals surface area contributed by atoms with Crippen molar-refractivity contribution in [2.45, 2.75) is 156 Å². The van der Waals surface area contributed by atoms with Gasteiger partial charge in [0.15, 0.2) is 0 Å². The average Bonchev–Trinajstić information content (AvgIpc) is 3.34. The molecule has 0 amide bonds. The molecule has 43 heavy (non-hydrogen) atoms. The van der Waals surface area contributed by atoms with Crippen LogP contribution in [0.15, 0.2) is 48.0 Å². The van der Waals surface area contributed by atoms with Gasteiger partial charge in [-0.15, -0.1) is 0 Å². The van der Waals surface area contributed by atoms with Crippen LogP contribution in [0.2, 0.25) is 11.8 Å². The van der Waals surface area contributed by atoms with Gasteiger partial charge in [-0.1, -0.05) is 91.7 Å². The summed E-state index contributed by atoms with van der Waals surface area (Å²) < 4.78 is 1.54. The number of hydrogen-bond donors (Lipinski definition) is 0. The molecule has 1 aliphatic rings. The van der Waals surface area contributed by atoms with Gasteiger partial charge in [-0.05, 0) is 111 Å². The molecule has 2 aromatic rings. The molecular formula is C40H62N2Ni. The molecule has 3 heteroatoms. The third-order valence-electron chi connectivity index (χ3n) is 8.31. The van der Waals surface area contributed by atoms with E-state index >= 15 is 0 Å². The van der Waals surface area contributed by atoms with E-state index in [9.17, 15) is 5.53 Å². The number of unbranched alkanes of at least 4 members (excludes halogenated alkanes) is 7. The third-order valence-corrected chi connectivity index (χ3v) is 8.31. The van der Waals surface area contributed by atoms with Crippen molar-refractivity contribution in [1.82, 2.24) is 0 Å². The van der Waals surface area contributed by atoms with Crippen molar-refractivity contribution in [3.05, 3.63) is 87.0 Å². The number of nitrogens with zero attached hydrogens (tertiary/aromatic N) is 2. The van der Waals surface area contributed by atoms with E-state index < -0.39 is 0 Å². The Hall–Kier alpha value is -1.99. The van der Waals surface area contributed by atoms with Gasteiger partial charge >= 0.3 is 26.2 Å². The summed E-state index contributed by atoms with van der Waals surface area (Å²) in [5.41, 5.74) is 23.1. The molecule has 0 aliphatic carbocycles. The summed E-state index contributed by atoms with van der Waals surface area (Å²) in [6.07, 6.45) is 22.3. The first-order valence-corrected chi connectivity index (χ1v) is 19.3. The predicted octanol–water partition coefficient (Wildman–Crippen LogP) is 13.0. The zero-order valence-corrected chi connectivity index (χ0v) is 29.8. The third kappa shape index (κ3) is 12.5. The Balaban J connectivity index is 0.00000206. The fraction of sp³-hybridized carbons (Fsp3) is 0.600. The summed E-state index contributed by atoms with van der Waals surface area (Å²) >= 11 is 1.62. The molecule has 0 unspecified atom stereocenters. The first-order chi connectivity index (χ1) is 21.0. The van der Waals surface area contributed by atoms with E-state index in [1.54, 1.807) is 19.1 Å². The van der Waals surface area contributed by atoms with E-state index in [0.29, 0.717) is 0 Å². The first kappa shape index (κ1) is 37.2. The maximum atomic E-state index is 11.9. The molecule has 0 aromatic heterocycles. The average molecular weight is 630 g/mol. The summed E-state index contributed by atoms with van der Waals surface area (Å²) in [6.45, 7) is 11.3. The van der Waals surface area contributed by atoms with Gasteiger partial charge in [0.2, 0.25) is 11.4 Å². The molecule has 0 spiro atoms. The van der Waals surface area contributed by atoms with E-state index in [1.165, 1.54) is 110 Å². The van der Waals surface area contributed by atoms with E-state index in [-0.39, 0.29) is 0 Å². The molecule has 1 aliphatic heterocycles. The Kier molecular flexibility index (Phi) is 18.7. The van der Waals surface area contributed by atoms with Crippen LogP contribution in [0.25, 0.3) is 16.9 Å². The second kappa shape index (κ2) is 21.7. The van der Waals surface area contributed by atoms with Gasteiger partial charge < -0.3 is 5.53 Å². The summed E-state index contributed by atoms with van der Waals surface area (Å²) in [5.74, 6) is 4.12. The Labute approximate surface area is 272 Å². The van der Waals surface area contributed by atoms with Crippen LogP contribution in [0.3, 0.4) is 0 Å². The Bertz CT molecular complexity index is 1120. The number of aryl methyl sites for hydroxylation is 4. The molecule has 2 aromatic carbocycles. The van der Waals surface area contributed by atoms with Gasteiger partial charge in [0.05, 0.1) is 0 Å². The van der Waals surface area contributed by atoms with Gasteiger partial charge in [-0.25, -0.2) is 4.70 Å². The summed E-state index contributed by atoms with van der Waals surface area (Å²) in [7, 11) is 0. The van der Waals surface area contributed by atoms with E-state index in [0.717, 1.165) is 49.1 Å². The topological polar surface area (TPSA) is 25.3 Å². The quantitative estimate of drug-likeness (QED) is 0.0839. The van der Waals surface area contributed by atoms with E-state index in [2.05, 4.69) is 88.9 Å². The Morgan fingerprint density at radius 2 is 0.907 bits per heavy atom. The SMILES string of the molecule is CCCCCCC1=C(c2cc(CCCC)cc(CCCC)c2)[N+](=[N-])C(c2cc(CCCC)cc(CCCC)c2)=C1.[CH3][Ni][CH3]. The van der Waals surface area contributed by atoms with Crippen LogP contribution in [0.4, 0.5) is 0 Å². The Morgan fingerprint density at radius 3 is 1.30 bits per heavy atom. The van der Waals surface area contributed by atoms with Crippen LogP contribution in [-0.4, -0.2) is 4.70 Å². The van der Waals surface area contributed by atoms with E-state index in [1.807, 2.05) is 0 Å². The van der Waals surface area contributed by atoms with Crippen LogP contribution in [-0.2, 0) is 40.1 Å². The van der Waals surface area contributed by atoms with Gasteiger partial charge in [-0.2, -0.15) is 0 Å². The van der Waals surface area contributed by atoms with Crippen LogP contribution < -0.4 is 0 Å². The van der Waals surface area contributed by atoms with Crippen LogP contribution in [0.5, 0.6) is 0 Å². The van der Waals surface area contributed by atoms with Crippen LogP contribution >= 0.6 is 0 Å². The molecule has 0 bridgehead atoms. The molecule has 0 atom stereocenters. The first-order valence-electron chi connectivity index (χ1n) is 17.4. The molecule has 0 radical (unpaired) electrons. The molecular weight excluding hydrogens is 567 g/mol. The minimum atomic E-state index is 0.950. The van der Waals surface area contributed by atoms with Crippen molar-refractivity contribution >= 4 is 11.4 Å². The van der Waals surface area contributed by atoms with Gasteiger partial charge in [0.1, 0.15) is 0 Å². The molecule has 0 fully saturated rings. The standard InChI is InChI=1S/C38H56N2.2CH3.Ni/c1-6-11-16-17-22-34-29-37(35-25-30(18-12-7-2)23-31(26-35)19-13-8-3)40(39)38(34)36-27-32(20-14-9-4)24-33(28-36)21-15-10-5;;;/h23-29H,6-22H2,1-5H3;2*1H3;. The minimum absolute atomic E-state index is 0.950. The second-order valence-electron chi connectivity index (χ2n) is 12.3. The fourth-order valence-corrected chi connectivity index (χ4v) is 5.91. The van der Waals surface area contributed by atoms with Crippen LogP contribution in [0.1, 0.15) is 151 Å². The number of allylic oxidation sites excluding steroid dienone is 2. The van der Waals surface area contributed by atoms with Crippen molar-refractivity contribution in [3.63, 3.8) is 0 Å². The van der Waals surface area contributed by atoms with Gasteiger partial charge in [-0.3, -0.25) is 0 Å². The predicted molar refractivity (Wildman–Crippen MR) is 186 cm³/mol. The second-order valence-corrected chi connectivity index (χ2v) is 13.3. The van der Waals surface area contributed by atoms with E-state index in [4.69, 9.17) is 0 Å². The maximum absolute atomic E-state index is 11.9. The monoisotopic (exact) mass is 628 g/mol. The Morgan fingerprint density at radius 1 is 0.512 bits per heavy atom. The van der Waals surface area contributed by atoms with Crippen molar-refractivity contribution < 1.29 is 19.1 Å². The summed E-state index contributed by atoms with van der Waals surface area (Å²) in [4.78, 5) is 0. The number of hydrogen-bond acceptors (Lipinski definition) is 0. The molecule has 0 N–H and O–H groups in total. The van der Waals surface area contributed by atoms with Crippen molar-refractivity contribution in [1.29, 1.82) is 0 Å². The molecule has 1 heterocycles. The summed E-state index contributed by atoms with van der Waals surface area (Å²) in [6, 6.07) is 14.2. The van der Waals surface area contributed by atoms with Crippen molar-refractivity contribution in [3.8, 4) is 0 Å². The van der Waals surface area contributed by atoms with Gasteiger partial charge in [0, 0.05) is 22.8 Å². The number of benzene rings is 2. The molecule has 0 saturated heterocycles. The number of rotatable bonds is 19. The zero-order chi connectivity index (χ0) is 31.5. The normalized spacial score (nSPS) is 13.0. The van der Waals surface area contributed by atoms with Crippen molar-refractivity contribution in [2.24, 2.45) is 0 Å². The zero-order valence-electron chi connectivity index (χ0n) is 28.8.